The van der Waals surface area contributed by atoms with Crippen molar-refractivity contribution in [2.24, 2.45) is 5.92 Å². The summed E-state index contributed by atoms with van der Waals surface area (Å²) in [6.07, 6.45) is 1.57. The Hall–Kier alpha value is -6.17. The van der Waals surface area contributed by atoms with Gasteiger partial charge >= 0.3 is 11.9 Å². The van der Waals surface area contributed by atoms with Gasteiger partial charge in [-0.3, -0.25) is 14.4 Å². The van der Waals surface area contributed by atoms with E-state index in [1.807, 2.05) is 38.1 Å². The molecule has 16 nitrogen and oxygen atoms in total. The zero-order valence-electron chi connectivity index (χ0n) is 34.8. The van der Waals surface area contributed by atoms with Crippen LogP contribution in [0.5, 0.6) is 11.5 Å². The number of aromatic amines is 1. The van der Waals surface area contributed by atoms with Crippen molar-refractivity contribution in [1.82, 2.24) is 15.0 Å². The Morgan fingerprint density at radius 3 is 2.41 bits per heavy atom. The highest BCUT2D eigenvalue weighted by molar-refractivity contribution is 5.95. The van der Waals surface area contributed by atoms with Crippen molar-refractivity contribution in [3.63, 3.8) is 0 Å². The molecule has 8 rings (SSSR count). The molecule has 0 spiro atoms. The Kier molecular flexibility index (Phi) is 12.9. The average molecular weight is 866 g/mol. The van der Waals surface area contributed by atoms with E-state index >= 15 is 0 Å². The van der Waals surface area contributed by atoms with Crippen molar-refractivity contribution >= 4 is 33.8 Å². The first kappa shape index (κ1) is 43.5. The van der Waals surface area contributed by atoms with Crippen LogP contribution in [0.2, 0.25) is 0 Å². The Labute approximate surface area is 361 Å². The van der Waals surface area contributed by atoms with Crippen molar-refractivity contribution in [2.75, 3.05) is 13.2 Å². The number of aromatic nitrogens is 2. The van der Waals surface area contributed by atoms with Gasteiger partial charge in [-0.05, 0) is 81.1 Å². The number of hydrogen-bond acceptors (Lipinski definition) is 13. The number of aliphatic carboxylic acids is 1. The topological polar surface area (TPSA) is 235 Å². The standard InChI is InChI=1S/C47H51N3O13/c1-25-18-26(2)20-29(19-25)40-39-28(14-16-48-39)22-50(40)63-44-43(55)42(54)37(24-60-46(58)38(45(56)57)35(15-17-51)49-30-6-4-3-5-7-30)62-47(44)61-32-12-13-33-36(21-32)59-23-34(41(33)53)27-8-10-31(52)11-9-27/h8-14,16,18-23,30,35,37-38,42-44,47-49,51-52,54-55H,3-7,15,17,24H2,1-2H3,(H,56,57)/t35-,37-,38-,42-,43+,44-,47-/m0/s1. The number of carboxylic acid groups (broad SMARTS) is 1. The number of aromatic hydroxyl groups is 1. The van der Waals surface area contributed by atoms with Gasteiger partial charge < -0.3 is 59.3 Å². The maximum atomic E-state index is 13.6. The molecule has 0 bridgehead atoms. The van der Waals surface area contributed by atoms with Crippen LogP contribution in [0.1, 0.15) is 49.7 Å². The first-order chi connectivity index (χ1) is 30.4. The van der Waals surface area contributed by atoms with Gasteiger partial charge in [0.2, 0.25) is 12.4 Å². The number of nitrogens with one attached hydrogen (secondary N) is 2. The summed E-state index contributed by atoms with van der Waals surface area (Å²) < 4.78 is 25.5. The number of nitrogens with zero attached hydrogens (tertiary/aromatic N) is 1. The summed E-state index contributed by atoms with van der Waals surface area (Å²) in [4.78, 5) is 49.5. The van der Waals surface area contributed by atoms with Crippen molar-refractivity contribution in [1.29, 1.82) is 0 Å². The van der Waals surface area contributed by atoms with Gasteiger partial charge in [0.25, 0.3) is 0 Å². The quantitative estimate of drug-likeness (QED) is 0.0534. The lowest BCUT2D eigenvalue weighted by molar-refractivity contribution is -0.288. The molecule has 1 saturated heterocycles. The fourth-order valence-electron chi connectivity index (χ4n) is 8.75. The smallest absolute Gasteiger partial charge is 0.322 e. The van der Waals surface area contributed by atoms with Gasteiger partial charge in [0.1, 0.15) is 54.0 Å². The lowest BCUT2D eigenvalue weighted by Crippen LogP contribution is -2.63. The van der Waals surface area contributed by atoms with E-state index in [1.165, 1.54) is 41.3 Å². The van der Waals surface area contributed by atoms with E-state index in [4.69, 9.17) is 23.5 Å². The highest BCUT2D eigenvalue weighted by Crippen LogP contribution is 2.34. The number of esters is 1. The average Bonchev–Trinajstić information content (AvgIpc) is 3.85. The molecular formula is C47H51N3O13. The number of rotatable bonds is 15. The molecule has 63 heavy (non-hydrogen) atoms. The third kappa shape index (κ3) is 9.31. The van der Waals surface area contributed by atoms with Crippen LogP contribution in [0, 0.1) is 19.8 Å². The molecule has 2 fully saturated rings. The van der Waals surface area contributed by atoms with Gasteiger partial charge in [-0.15, -0.1) is 0 Å². The number of ether oxygens (including phenoxy) is 3. The first-order valence-electron chi connectivity index (χ1n) is 21.1. The molecule has 0 unspecified atom stereocenters. The lowest BCUT2D eigenvalue weighted by Gasteiger charge is -2.41. The van der Waals surface area contributed by atoms with Crippen LogP contribution in [-0.4, -0.2) is 103 Å². The number of phenols is 1. The Balaban J connectivity index is 1.09. The van der Waals surface area contributed by atoms with E-state index in [1.54, 1.807) is 24.5 Å². The van der Waals surface area contributed by atoms with E-state index in [0.29, 0.717) is 11.3 Å². The SMILES string of the molecule is Cc1cc(C)cc(-c2c3[nH]ccc3cn2O[C@@H]2[C@@H](Oc3ccc4c(=O)c(-c5ccc(O)cc5)coc4c3)O[C@@H](COC(=O)[C@H](C(=O)O)[C@H](CCO)NC3CCCCC3)[C@H](O)[C@H]2O)c1. The van der Waals surface area contributed by atoms with Crippen LogP contribution in [0.25, 0.3) is 44.3 Å². The van der Waals surface area contributed by atoms with Gasteiger partial charge in [-0.25, -0.2) is 0 Å². The van der Waals surface area contributed by atoms with Crippen LogP contribution in [-0.2, 0) is 19.1 Å². The van der Waals surface area contributed by atoms with Crippen molar-refractivity contribution in [2.45, 2.75) is 95.2 Å². The molecule has 0 amide bonds. The summed E-state index contributed by atoms with van der Waals surface area (Å²) in [7, 11) is 0. The highest BCUT2D eigenvalue weighted by Gasteiger charge is 2.49. The zero-order valence-corrected chi connectivity index (χ0v) is 34.8. The minimum Gasteiger partial charge on any atom is -0.508 e. The van der Waals surface area contributed by atoms with Gasteiger partial charge in [-0.1, -0.05) is 48.6 Å². The van der Waals surface area contributed by atoms with E-state index < -0.39 is 61.2 Å². The number of aliphatic hydroxyl groups is 3. The third-order valence-corrected chi connectivity index (χ3v) is 11.9. The number of aliphatic hydroxyl groups excluding tert-OH is 3. The fourth-order valence-corrected chi connectivity index (χ4v) is 8.75. The second kappa shape index (κ2) is 18.7. The summed E-state index contributed by atoms with van der Waals surface area (Å²) in [6, 6.07) is 17.5. The molecule has 1 aliphatic carbocycles. The molecule has 332 valence electrons. The number of hydrogen-bond donors (Lipinski definition) is 7. The van der Waals surface area contributed by atoms with Gasteiger partial charge in [-0.2, -0.15) is 4.73 Å². The fraction of sp³-hybridized carbons (Fsp3) is 0.383. The summed E-state index contributed by atoms with van der Waals surface area (Å²) in [5.74, 6) is -4.06. The van der Waals surface area contributed by atoms with Crippen LogP contribution in [0.3, 0.4) is 0 Å². The molecule has 4 heterocycles. The molecule has 1 saturated carbocycles. The van der Waals surface area contributed by atoms with Crippen molar-refractivity contribution in [3.8, 4) is 33.9 Å². The summed E-state index contributed by atoms with van der Waals surface area (Å²) >= 11 is 0. The second-order valence-corrected chi connectivity index (χ2v) is 16.4. The summed E-state index contributed by atoms with van der Waals surface area (Å²) in [6.45, 7) is 2.91. The Morgan fingerprint density at radius 1 is 0.952 bits per heavy atom. The van der Waals surface area contributed by atoms with Gasteiger partial charge in [0.15, 0.2) is 11.3 Å². The molecule has 0 radical (unpaired) electrons. The second-order valence-electron chi connectivity index (χ2n) is 16.4. The normalized spacial score (nSPS) is 21.6. The maximum absolute atomic E-state index is 13.6. The predicted molar refractivity (Wildman–Crippen MR) is 230 cm³/mol. The molecule has 3 aromatic heterocycles. The molecule has 16 heteroatoms. The molecule has 3 aromatic carbocycles. The van der Waals surface area contributed by atoms with E-state index in [0.717, 1.165) is 59.7 Å². The monoisotopic (exact) mass is 865 g/mol. The molecule has 2 aliphatic rings. The number of carboxylic acids is 1. The van der Waals surface area contributed by atoms with Crippen LogP contribution < -0.4 is 20.3 Å². The summed E-state index contributed by atoms with van der Waals surface area (Å²) in [5.41, 5.74) is 4.82. The zero-order chi connectivity index (χ0) is 44.4. The Morgan fingerprint density at radius 2 is 1.70 bits per heavy atom. The van der Waals surface area contributed by atoms with Gasteiger partial charge in [0, 0.05) is 41.9 Å². The number of aryl methyl sites for hydroxylation is 2. The van der Waals surface area contributed by atoms with Crippen molar-refractivity contribution in [3.05, 3.63) is 107 Å². The van der Waals surface area contributed by atoms with E-state index in [9.17, 15) is 39.9 Å². The highest BCUT2D eigenvalue weighted by atomic mass is 16.8. The number of phenolic OH excluding ortho intramolecular Hbond substituents is 1. The number of benzene rings is 3. The predicted octanol–water partition coefficient (Wildman–Crippen LogP) is 4.97. The van der Waals surface area contributed by atoms with E-state index in [2.05, 4.69) is 10.3 Å². The van der Waals surface area contributed by atoms with Crippen LogP contribution in [0.15, 0.2) is 94.6 Å². The number of carbonyl (C=O) groups is 2. The molecule has 7 N–H and O–H groups in total. The van der Waals surface area contributed by atoms with Crippen LogP contribution in [0.4, 0.5) is 0 Å². The third-order valence-electron chi connectivity index (χ3n) is 11.9. The Bertz CT molecular complexity index is 2610. The minimum absolute atomic E-state index is 0.0129. The largest absolute Gasteiger partial charge is 0.508 e. The number of H-pyrrole nitrogens is 1. The lowest BCUT2D eigenvalue weighted by atomic mass is 9.91. The maximum Gasteiger partial charge on any atom is 0.322 e. The van der Waals surface area contributed by atoms with E-state index in [-0.39, 0.29) is 52.5 Å². The molecule has 6 aromatic rings. The number of carbonyl (C=O) groups excluding carboxylic acids is 1. The first-order valence-corrected chi connectivity index (χ1v) is 21.1. The van der Waals surface area contributed by atoms with Crippen LogP contribution >= 0.6 is 0 Å². The minimum atomic E-state index is -1.73. The molecule has 7 atom stereocenters. The van der Waals surface area contributed by atoms with Gasteiger partial charge in [0.05, 0.1) is 22.7 Å². The summed E-state index contributed by atoms with van der Waals surface area (Å²) in [5, 5.41) is 57.4. The molecule has 1 aliphatic heterocycles. The molecular weight excluding hydrogens is 815 g/mol. The van der Waals surface area contributed by atoms with Crippen molar-refractivity contribution < 1.29 is 58.6 Å². The number of fused-ring (bicyclic) bond motifs is 2.